The van der Waals surface area contributed by atoms with Gasteiger partial charge in [0.25, 0.3) is 5.56 Å². The van der Waals surface area contributed by atoms with Gasteiger partial charge in [0.2, 0.25) is 17.7 Å². The molecule has 4 atom stereocenters. The summed E-state index contributed by atoms with van der Waals surface area (Å²) in [6.07, 6.45) is 13.8. The van der Waals surface area contributed by atoms with Gasteiger partial charge >= 0.3 is 11.9 Å². The lowest BCUT2D eigenvalue weighted by atomic mass is 9.94. The highest BCUT2D eigenvalue weighted by molar-refractivity contribution is 5.89. The number of benzene rings is 3. The molecule has 3 N–H and O–H groups in total. The summed E-state index contributed by atoms with van der Waals surface area (Å²) >= 11 is 0. The van der Waals surface area contributed by atoms with Crippen LogP contribution in [-0.4, -0.2) is 80.0 Å². The lowest BCUT2D eigenvalue weighted by molar-refractivity contribution is -0.146. The fraction of sp³-hybridized carbons (Fsp3) is 0.424. The number of pyridine rings is 3. The molecule has 81 heavy (non-hydrogen) atoms. The largest absolute Gasteiger partial charge is 0.481 e. The second kappa shape index (κ2) is 31.9. The van der Waals surface area contributed by atoms with Crippen LogP contribution < -0.4 is 16.2 Å². The number of carboxylic acid groups (broad SMARTS) is 1. The summed E-state index contributed by atoms with van der Waals surface area (Å²) in [5.41, 5.74) is 10.2. The molecule has 3 amide bonds. The summed E-state index contributed by atoms with van der Waals surface area (Å²) in [7, 11) is 0. The molecule has 6 aromatic rings. The summed E-state index contributed by atoms with van der Waals surface area (Å²) in [5, 5.41) is 15.6. The van der Waals surface area contributed by atoms with Crippen molar-refractivity contribution in [3.63, 3.8) is 0 Å². The van der Waals surface area contributed by atoms with Crippen molar-refractivity contribution in [3.8, 4) is 22.3 Å². The predicted molar refractivity (Wildman–Crippen MR) is 318 cm³/mol. The molecule has 0 aliphatic carbocycles. The summed E-state index contributed by atoms with van der Waals surface area (Å²) in [6.45, 7) is 18.9. The number of likely N-dealkylation sites (tertiary alicyclic amines) is 1. The second-order valence-electron chi connectivity index (χ2n) is 21.7. The molecule has 432 valence electrons. The molecule has 3 aromatic carbocycles. The molecular weight excluding hydrogens is 1020 g/mol. The van der Waals surface area contributed by atoms with Gasteiger partial charge in [-0.3, -0.25) is 38.7 Å². The Labute approximate surface area is 478 Å². The van der Waals surface area contributed by atoms with Crippen molar-refractivity contribution in [3.05, 3.63) is 177 Å². The van der Waals surface area contributed by atoms with Crippen LogP contribution >= 0.6 is 0 Å². The predicted octanol–water partition coefficient (Wildman–Crippen LogP) is 12.0. The molecule has 0 radical (unpaired) electrons. The number of amides is 3. The monoisotopic (exact) mass is 1100 g/mol. The van der Waals surface area contributed by atoms with E-state index in [2.05, 4.69) is 20.6 Å². The van der Waals surface area contributed by atoms with Crippen LogP contribution in [0.25, 0.3) is 22.3 Å². The molecule has 2 unspecified atom stereocenters. The van der Waals surface area contributed by atoms with Crippen LogP contribution in [0.2, 0.25) is 0 Å². The number of hydrogen-bond donors (Lipinski definition) is 3. The molecule has 0 saturated carbocycles. The number of esters is 1. The lowest BCUT2D eigenvalue weighted by Gasteiger charge is -2.35. The Bertz CT molecular complexity index is 3030. The average molecular weight is 1110 g/mol. The highest BCUT2D eigenvalue weighted by Gasteiger charge is 2.34. The Kier molecular flexibility index (Phi) is 25.2. The number of nitrogens with one attached hydrogen (secondary N) is 2. The van der Waals surface area contributed by atoms with Gasteiger partial charge in [-0.05, 0) is 146 Å². The van der Waals surface area contributed by atoms with Crippen molar-refractivity contribution in [1.29, 1.82) is 0 Å². The maximum Gasteiger partial charge on any atom is 0.308 e. The van der Waals surface area contributed by atoms with Gasteiger partial charge in [0, 0.05) is 74.4 Å². The molecule has 15 nitrogen and oxygen atoms in total. The van der Waals surface area contributed by atoms with Crippen molar-refractivity contribution in [1.82, 2.24) is 30.1 Å². The van der Waals surface area contributed by atoms with Crippen LogP contribution in [-0.2, 0) is 40.1 Å². The van der Waals surface area contributed by atoms with Gasteiger partial charge < -0.3 is 34.7 Å². The smallest absolute Gasteiger partial charge is 0.308 e. The Morgan fingerprint density at radius 1 is 0.630 bits per heavy atom. The maximum absolute atomic E-state index is 13.8. The number of nitrogens with zero attached hydrogens (tertiary/aromatic N) is 4. The summed E-state index contributed by atoms with van der Waals surface area (Å²) in [6, 6.07) is 27.5. The first-order valence-electron chi connectivity index (χ1n) is 28.0. The molecular formula is C66H84N6O9. The van der Waals surface area contributed by atoms with Crippen LogP contribution in [0.5, 0.6) is 0 Å². The molecule has 0 spiro atoms. The first kappa shape index (κ1) is 64.0. The highest BCUT2D eigenvalue weighted by atomic mass is 16.5. The number of hydrogen-bond acceptors (Lipinski definition) is 10. The Hall–Kier alpha value is -7.78. The zero-order valence-corrected chi connectivity index (χ0v) is 47.8. The first-order chi connectivity index (χ1) is 38.4. The lowest BCUT2D eigenvalue weighted by Crippen LogP contribution is -2.52. The molecule has 2 aliphatic rings. The summed E-state index contributed by atoms with van der Waals surface area (Å²) < 4.78 is 12.0. The molecule has 2 saturated heterocycles. The van der Waals surface area contributed by atoms with E-state index in [0.29, 0.717) is 36.9 Å². The zero-order valence-electron chi connectivity index (χ0n) is 47.8. The number of aromatic nitrogens is 3. The van der Waals surface area contributed by atoms with Crippen LogP contribution in [0.4, 0.5) is 0 Å². The number of aliphatic carboxylic acids is 1. The van der Waals surface area contributed by atoms with E-state index in [1.54, 1.807) is 48.0 Å². The van der Waals surface area contributed by atoms with Crippen molar-refractivity contribution >= 4 is 29.7 Å². The number of ether oxygens (including phenoxy) is 2. The SMILES string of the molecule is C.C1CCOC1.Cc1cccc(C)c1-c1cncc([C@H](CC(=O)O)NC(=O)C(CC(C)C)N2CCCCC2=O)c1.Cc1cccc(C)c1-c1cncc([C@H](CC(=O)OCc2ccccc2)NC(=O)C(CC(C)C)n2ccccc2=O)c1. The molecule has 15 heteroatoms. The third kappa shape index (κ3) is 19.2. The van der Waals surface area contributed by atoms with E-state index < -0.39 is 36.1 Å². The van der Waals surface area contributed by atoms with Gasteiger partial charge in [0.1, 0.15) is 18.7 Å². The van der Waals surface area contributed by atoms with Crippen LogP contribution in [0, 0.1) is 39.5 Å². The minimum absolute atomic E-state index is 0. The normalized spacial score (nSPS) is 14.4. The van der Waals surface area contributed by atoms with E-state index in [1.165, 1.54) is 23.5 Å². The zero-order chi connectivity index (χ0) is 57.7. The summed E-state index contributed by atoms with van der Waals surface area (Å²) in [5.74, 6) is -1.77. The minimum atomic E-state index is -1.02. The Balaban J connectivity index is 0.000000274. The van der Waals surface area contributed by atoms with E-state index >= 15 is 0 Å². The van der Waals surface area contributed by atoms with E-state index in [-0.39, 0.29) is 62.0 Å². The van der Waals surface area contributed by atoms with Crippen molar-refractivity contribution in [2.24, 2.45) is 11.8 Å². The van der Waals surface area contributed by atoms with Gasteiger partial charge in [-0.2, -0.15) is 0 Å². The third-order valence-electron chi connectivity index (χ3n) is 14.2. The Morgan fingerprint density at radius 2 is 1.14 bits per heavy atom. The maximum atomic E-state index is 13.8. The molecule has 3 aromatic heterocycles. The number of carboxylic acids is 1. The minimum Gasteiger partial charge on any atom is -0.481 e. The average Bonchev–Trinajstić information content (AvgIpc) is 4.04. The molecule has 2 aliphatic heterocycles. The molecule has 8 rings (SSSR count). The van der Waals surface area contributed by atoms with Gasteiger partial charge in [0.05, 0.1) is 24.9 Å². The van der Waals surface area contributed by atoms with E-state index in [4.69, 9.17) is 9.47 Å². The van der Waals surface area contributed by atoms with E-state index in [0.717, 1.165) is 76.1 Å². The quantitative estimate of drug-likeness (QED) is 0.0615. The standard InChI is InChI=1S/C34H37N3O4.C27H35N3O4.C4H8O.CH4/c1-23(2)17-30(37-16-9-8-15-31(37)38)34(40)36-29(19-32(39)41-22-26-13-6-5-7-14-26)27-18-28(21-35-20-27)33-24(3)11-10-12-25(33)4;1-17(2)12-23(30-11-6-5-10-24(30)31)27(34)29-22(14-25(32)33)20-13-21(16-28-15-20)26-18(3)8-7-9-19(26)4;1-2-4-5-3-1;/h5-16,18,20-21,23,29-30H,17,19,22H2,1-4H3,(H,36,40);7-9,13,15-17,22-23H,5-6,10-12,14H2,1-4H3,(H,29,34)(H,32,33);1-4H2;1H4/t29-,30?;22-,23?;;/m00../s1. The second-order valence-corrected chi connectivity index (χ2v) is 21.7. The highest BCUT2D eigenvalue weighted by Crippen LogP contribution is 2.32. The fourth-order valence-electron chi connectivity index (χ4n) is 10.3. The van der Waals surface area contributed by atoms with Crippen molar-refractivity contribution in [2.45, 2.75) is 151 Å². The number of rotatable bonds is 20. The fourth-order valence-corrected chi connectivity index (χ4v) is 10.3. The topological polar surface area (TPSA) is 199 Å². The van der Waals surface area contributed by atoms with Gasteiger partial charge in [-0.1, -0.05) is 108 Å². The van der Waals surface area contributed by atoms with Crippen molar-refractivity contribution in [2.75, 3.05) is 19.8 Å². The third-order valence-corrected chi connectivity index (χ3v) is 14.2. The van der Waals surface area contributed by atoms with Gasteiger partial charge in [-0.25, -0.2) is 0 Å². The van der Waals surface area contributed by atoms with Gasteiger partial charge in [-0.15, -0.1) is 0 Å². The molecule has 5 heterocycles. The first-order valence-corrected chi connectivity index (χ1v) is 28.0. The van der Waals surface area contributed by atoms with E-state index in [9.17, 15) is 33.9 Å². The number of aryl methyl sites for hydroxylation is 4. The van der Waals surface area contributed by atoms with Crippen LogP contribution in [0.1, 0.15) is 150 Å². The number of carbonyl (C=O) groups is 5. The van der Waals surface area contributed by atoms with E-state index in [1.807, 2.05) is 134 Å². The van der Waals surface area contributed by atoms with Crippen LogP contribution in [0.3, 0.4) is 0 Å². The van der Waals surface area contributed by atoms with Crippen molar-refractivity contribution < 1.29 is 38.6 Å². The number of piperidine rings is 1. The Morgan fingerprint density at radius 3 is 1.62 bits per heavy atom. The number of carbonyl (C=O) groups excluding carboxylic acids is 4. The molecule has 2 fully saturated rings. The van der Waals surface area contributed by atoms with Gasteiger partial charge in [0.15, 0.2) is 0 Å². The summed E-state index contributed by atoms with van der Waals surface area (Å²) in [4.78, 5) is 87.7. The van der Waals surface area contributed by atoms with Crippen LogP contribution in [0.15, 0.2) is 133 Å². The molecule has 0 bridgehead atoms.